The molecule has 120 valence electrons. The van der Waals surface area contributed by atoms with Gasteiger partial charge in [0.15, 0.2) is 0 Å². The summed E-state index contributed by atoms with van der Waals surface area (Å²) in [5.41, 5.74) is -6.72. The second-order valence-corrected chi connectivity index (χ2v) is 6.66. The van der Waals surface area contributed by atoms with E-state index >= 15 is 0 Å². The molecule has 0 saturated carbocycles. The van der Waals surface area contributed by atoms with Crippen LogP contribution in [0.4, 0.5) is 13.2 Å². The van der Waals surface area contributed by atoms with Crippen molar-refractivity contribution in [3.8, 4) is 12.1 Å². The van der Waals surface area contributed by atoms with E-state index in [1.165, 1.54) is 24.0 Å². The average Bonchev–Trinajstić information content (AvgIpc) is 2.92. The van der Waals surface area contributed by atoms with Crippen molar-refractivity contribution in [1.29, 1.82) is 10.5 Å². The third-order valence-electron chi connectivity index (χ3n) is 3.42. The predicted molar refractivity (Wildman–Crippen MR) is 72.4 cm³/mol. The Labute approximate surface area is 126 Å². The first kappa shape index (κ1) is 18.1. The molecule has 0 spiro atoms. The van der Waals surface area contributed by atoms with Crippen molar-refractivity contribution < 1.29 is 21.6 Å². The largest absolute Gasteiger partial charge is 0.501 e. The van der Waals surface area contributed by atoms with Gasteiger partial charge in [-0.15, -0.1) is 0 Å². The van der Waals surface area contributed by atoms with Crippen LogP contribution in [0.3, 0.4) is 0 Å². The lowest BCUT2D eigenvalue weighted by Crippen LogP contribution is -2.29. The minimum absolute atomic E-state index is 0.0877. The molecule has 0 atom stereocenters. The molecule has 0 aromatic heterocycles. The maximum atomic E-state index is 12.9. The van der Waals surface area contributed by atoms with Gasteiger partial charge in [-0.05, 0) is 32.3 Å². The topological polar surface area (TPSA) is 85.0 Å². The van der Waals surface area contributed by atoms with E-state index in [0.29, 0.717) is 13.1 Å². The van der Waals surface area contributed by atoms with Gasteiger partial charge in [-0.3, -0.25) is 0 Å². The van der Waals surface area contributed by atoms with Crippen LogP contribution in [0, 0.1) is 22.7 Å². The van der Waals surface area contributed by atoms with Gasteiger partial charge < -0.3 is 4.90 Å². The zero-order valence-electron chi connectivity index (χ0n) is 12.0. The lowest BCUT2D eigenvalue weighted by molar-refractivity contribution is -0.0426. The Morgan fingerprint density at radius 3 is 1.91 bits per heavy atom. The molecule has 0 radical (unpaired) electrons. The monoisotopic (exact) mass is 333 g/mol. The first-order valence-electron chi connectivity index (χ1n) is 6.36. The molecule has 1 aliphatic rings. The number of alkyl halides is 3. The van der Waals surface area contributed by atoms with Gasteiger partial charge >= 0.3 is 5.51 Å². The van der Waals surface area contributed by atoms with E-state index in [1.807, 2.05) is 0 Å². The summed E-state index contributed by atoms with van der Waals surface area (Å²) in [5.74, 6) is 0. The van der Waals surface area contributed by atoms with Gasteiger partial charge in [0, 0.05) is 18.8 Å². The first-order valence-corrected chi connectivity index (χ1v) is 7.84. The number of likely N-dealkylation sites (tertiary alicyclic amines) is 1. The highest BCUT2D eigenvalue weighted by atomic mass is 32.2. The number of allylic oxidation sites excluding steroid dienone is 3. The van der Waals surface area contributed by atoms with Gasteiger partial charge in [0.25, 0.3) is 9.84 Å². The minimum Gasteiger partial charge on any atom is -0.374 e. The number of nitriles is 2. The Hall–Kier alpha value is -2.00. The molecule has 0 amide bonds. The van der Waals surface area contributed by atoms with Crippen molar-refractivity contribution in [1.82, 2.24) is 4.90 Å². The number of rotatable bonds is 3. The number of sulfone groups is 1. The second-order valence-electron chi connectivity index (χ2n) is 4.78. The van der Waals surface area contributed by atoms with Crippen molar-refractivity contribution in [2.75, 3.05) is 13.1 Å². The molecular formula is C13H14F3N3O2S. The van der Waals surface area contributed by atoms with Gasteiger partial charge in [0.05, 0.1) is 4.91 Å². The Morgan fingerprint density at radius 2 is 1.55 bits per heavy atom. The molecule has 1 rings (SSSR count). The van der Waals surface area contributed by atoms with Crippen LogP contribution in [-0.4, -0.2) is 31.9 Å². The molecule has 5 nitrogen and oxygen atoms in total. The molecule has 1 aliphatic heterocycles. The molecule has 1 fully saturated rings. The number of halogens is 3. The zero-order valence-corrected chi connectivity index (χ0v) is 12.8. The van der Waals surface area contributed by atoms with Crippen LogP contribution in [0.15, 0.2) is 21.7 Å². The van der Waals surface area contributed by atoms with Gasteiger partial charge in [-0.2, -0.15) is 23.7 Å². The molecule has 0 N–H and O–H groups in total. The maximum absolute atomic E-state index is 12.9. The van der Waals surface area contributed by atoms with Crippen molar-refractivity contribution in [3.63, 3.8) is 0 Å². The van der Waals surface area contributed by atoms with Crippen LogP contribution >= 0.6 is 0 Å². The third kappa shape index (κ3) is 3.25. The molecule has 1 heterocycles. The van der Waals surface area contributed by atoms with Gasteiger partial charge in [0.2, 0.25) is 0 Å². The molecule has 9 heteroatoms. The normalized spacial score (nSPS) is 16.6. The van der Waals surface area contributed by atoms with Crippen molar-refractivity contribution >= 4 is 9.84 Å². The van der Waals surface area contributed by atoms with Gasteiger partial charge in [-0.1, -0.05) is 0 Å². The molecule has 1 saturated heterocycles. The fourth-order valence-corrected chi connectivity index (χ4v) is 3.54. The fourth-order valence-electron chi connectivity index (χ4n) is 2.29. The van der Waals surface area contributed by atoms with E-state index in [9.17, 15) is 21.6 Å². The van der Waals surface area contributed by atoms with Crippen LogP contribution in [0.5, 0.6) is 0 Å². The van der Waals surface area contributed by atoms with Gasteiger partial charge in [0.1, 0.15) is 17.7 Å². The number of hydrogen-bond donors (Lipinski definition) is 0. The molecule has 22 heavy (non-hydrogen) atoms. The highest BCUT2D eigenvalue weighted by molar-refractivity contribution is 7.96. The summed E-state index contributed by atoms with van der Waals surface area (Å²) in [4.78, 5) is 0.522. The van der Waals surface area contributed by atoms with E-state index in [0.717, 1.165) is 19.8 Å². The van der Waals surface area contributed by atoms with E-state index in [4.69, 9.17) is 10.5 Å². The Bertz CT molecular complexity index is 684. The quantitative estimate of drug-likeness (QED) is 0.585. The van der Waals surface area contributed by atoms with Crippen LogP contribution < -0.4 is 0 Å². The van der Waals surface area contributed by atoms with Crippen LogP contribution in [0.1, 0.15) is 26.7 Å². The summed E-state index contributed by atoms with van der Waals surface area (Å²) in [5, 5.41) is 17.6. The number of hydrogen-bond acceptors (Lipinski definition) is 5. The highest BCUT2D eigenvalue weighted by Crippen LogP contribution is 2.37. The van der Waals surface area contributed by atoms with Gasteiger partial charge in [-0.25, -0.2) is 8.42 Å². The Balaban J connectivity index is 3.70. The van der Waals surface area contributed by atoms with E-state index < -0.39 is 31.4 Å². The molecule has 0 unspecified atom stereocenters. The lowest BCUT2D eigenvalue weighted by atomic mass is 10.1. The van der Waals surface area contributed by atoms with E-state index in [1.54, 1.807) is 0 Å². The maximum Gasteiger partial charge on any atom is 0.501 e. The van der Waals surface area contributed by atoms with Crippen LogP contribution in [0.2, 0.25) is 0 Å². The number of nitrogens with zero attached hydrogens (tertiary/aromatic N) is 3. The summed E-state index contributed by atoms with van der Waals surface area (Å²) >= 11 is 0. The molecule has 0 aromatic rings. The standard InChI is InChI=1S/C13H14F3N3O2S/c1-9(11(7-17)8-18)12(22(20,21)13(14,15)16)10(2)19-5-3-4-6-19/h3-6H2,1-2H3/b12-10-. The Kier molecular flexibility index (Phi) is 5.26. The molecule has 0 aliphatic carbocycles. The summed E-state index contributed by atoms with van der Waals surface area (Å²) in [7, 11) is -5.66. The zero-order chi connectivity index (χ0) is 17.1. The average molecular weight is 333 g/mol. The van der Waals surface area contributed by atoms with Crippen LogP contribution in [0.25, 0.3) is 0 Å². The van der Waals surface area contributed by atoms with Crippen molar-refractivity contribution in [3.05, 3.63) is 21.7 Å². The summed E-state index contributed by atoms with van der Waals surface area (Å²) in [6.45, 7) is 3.18. The van der Waals surface area contributed by atoms with Crippen LogP contribution in [-0.2, 0) is 9.84 Å². The molecular weight excluding hydrogens is 319 g/mol. The molecule has 0 bridgehead atoms. The summed E-state index contributed by atoms with van der Waals surface area (Å²) in [6, 6.07) is 2.87. The summed E-state index contributed by atoms with van der Waals surface area (Å²) < 4.78 is 62.5. The predicted octanol–water partition coefficient (Wildman–Crippen LogP) is 2.61. The summed E-state index contributed by atoms with van der Waals surface area (Å²) in [6.07, 6.45) is 1.48. The minimum atomic E-state index is -5.66. The van der Waals surface area contributed by atoms with Crippen molar-refractivity contribution in [2.45, 2.75) is 32.2 Å². The van der Waals surface area contributed by atoms with E-state index in [-0.39, 0.29) is 5.70 Å². The first-order chi connectivity index (χ1) is 10.1. The Morgan fingerprint density at radius 1 is 1.09 bits per heavy atom. The SMILES string of the molecule is CC(=C(C#N)C#N)/C(=C(\C)N1CCCC1)S(=O)(=O)C(F)(F)F. The molecule has 0 aromatic carbocycles. The van der Waals surface area contributed by atoms with E-state index in [2.05, 4.69) is 0 Å². The fraction of sp³-hybridized carbons (Fsp3) is 0.538. The second kappa shape index (κ2) is 6.41. The van der Waals surface area contributed by atoms with Crippen molar-refractivity contribution in [2.24, 2.45) is 0 Å². The smallest absolute Gasteiger partial charge is 0.374 e. The lowest BCUT2D eigenvalue weighted by Gasteiger charge is -2.23. The third-order valence-corrected chi connectivity index (χ3v) is 5.17. The highest BCUT2D eigenvalue weighted by Gasteiger charge is 2.50.